The lowest BCUT2D eigenvalue weighted by molar-refractivity contribution is -0.394. The van der Waals surface area contributed by atoms with Crippen molar-refractivity contribution in [2.75, 3.05) is 0 Å². The van der Waals surface area contributed by atoms with E-state index in [0.29, 0.717) is 23.4 Å². The number of carbonyl (C=O) groups excluding carboxylic acids is 2. The van der Waals surface area contributed by atoms with Crippen LogP contribution in [0.1, 0.15) is 11.1 Å². The molecule has 1 heterocycles. The minimum absolute atomic E-state index is 0.0103. The van der Waals surface area contributed by atoms with Gasteiger partial charge in [-0.3, -0.25) is 34.7 Å². The normalized spacial score (nSPS) is 15.2. The molecule has 12 heteroatoms. The highest BCUT2D eigenvalue weighted by Gasteiger charge is 2.35. The second-order valence-electron chi connectivity index (χ2n) is 5.81. The van der Waals surface area contributed by atoms with Crippen molar-refractivity contribution in [3.05, 3.63) is 77.1 Å². The van der Waals surface area contributed by atoms with Crippen molar-refractivity contribution in [2.24, 2.45) is 0 Å². The fraction of sp³-hybridized carbons (Fsp3) is 0.0588. The number of hydrogen-bond acceptors (Lipinski definition) is 8. The van der Waals surface area contributed by atoms with Crippen LogP contribution in [0.25, 0.3) is 6.08 Å². The number of non-ortho nitro benzene ring substituents is 1. The van der Waals surface area contributed by atoms with Gasteiger partial charge in [0.2, 0.25) is 5.75 Å². The lowest BCUT2D eigenvalue weighted by Crippen LogP contribution is -2.27. The van der Waals surface area contributed by atoms with Crippen molar-refractivity contribution >= 4 is 56.3 Å². The first kappa shape index (κ1) is 20.5. The average Bonchev–Trinajstić information content (AvgIpc) is 2.92. The van der Waals surface area contributed by atoms with E-state index >= 15 is 0 Å². The lowest BCUT2D eigenvalue weighted by Gasteiger charge is -2.12. The quantitative estimate of drug-likeness (QED) is 0.381. The Morgan fingerprint density at radius 2 is 1.76 bits per heavy atom. The number of halogens is 1. The molecule has 0 atom stereocenters. The standard InChI is InChI=1S/C17H10BrN3O7S/c18-11-3-1-9(2-4-11)8-19-16(23)14(29-17(19)24)6-10-5-12(20(25)26)7-13(15(10)22)21(27)28/h1-7,22H,8H2/b14-6-. The maximum Gasteiger partial charge on any atom is 0.318 e. The molecule has 1 fully saturated rings. The zero-order valence-electron chi connectivity index (χ0n) is 14.3. The molecule has 3 rings (SSSR count). The minimum atomic E-state index is -0.973. The number of nitrogens with zero attached hydrogens (tertiary/aromatic N) is 3. The number of thioether (sulfide) groups is 1. The Kier molecular flexibility index (Phi) is 5.66. The molecule has 1 saturated heterocycles. The third-order valence-corrected chi connectivity index (χ3v) is 5.36. The van der Waals surface area contributed by atoms with Crippen LogP contribution in [0, 0.1) is 20.2 Å². The van der Waals surface area contributed by atoms with Crippen LogP contribution in [0.4, 0.5) is 16.2 Å². The van der Waals surface area contributed by atoms with Crippen molar-refractivity contribution in [2.45, 2.75) is 6.54 Å². The minimum Gasteiger partial charge on any atom is -0.502 e. The summed E-state index contributed by atoms with van der Waals surface area (Å²) in [4.78, 5) is 45.9. The third-order valence-electron chi connectivity index (χ3n) is 3.93. The first-order valence-corrected chi connectivity index (χ1v) is 9.44. The number of benzene rings is 2. The van der Waals surface area contributed by atoms with E-state index < -0.39 is 38.1 Å². The number of amides is 2. The molecule has 0 spiro atoms. The zero-order chi connectivity index (χ0) is 21.3. The van der Waals surface area contributed by atoms with Crippen LogP contribution >= 0.6 is 27.7 Å². The number of aromatic hydroxyl groups is 1. The summed E-state index contributed by atoms with van der Waals surface area (Å²) in [6.07, 6.45) is 1.03. The Morgan fingerprint density at radius 1 is 1.10 bits per heavy atom. The summed E-state index contributed by atoms with van der Waals surface area (Å²) in [6.45, 7) is 0.0103. The van der Waals surface area contributed by atoms with Crippen LogP contribution < -0.4 is 0 Å². The van der Waals surface area contributed by atoms with Crippen LogP contribution in [0.15, 0.2) is 45.8 Å². The van der Waals surface area contributed by atoms with E-state index in [1.54, 1.807) is 24.3 Å². The van der Waals surface area contributed by atoms with E-state index in [9.17, 15) is 34.9 Å². The van der Waals surface area contributed by atoms with Gasteiger partial charge in [0.25, 0.3) is 16.8 Å². The van der Waals surface area contributed by atoms with Crippen molar-refractivity contribution < 1.29 is 24.5 Å². The molecule has 0 radical (unpaired) electrons. The van der Waals surface area contributed by atoms with Gasteiger partial charge in [0.05, 0.1) is 27.4 Å². The van der Waals surface area contributed by atoms with Gasteiger partial charge in [0.15, 0.2) is 0 Å². The molecule has 1 aliphatic heterocycles. The highest BCUT2D eigenvalue weighted by atomic mass is 79.9. The molecule has 148 valence electrons. The summed E-state index contributed by atoms with van der Waals surface area (Å²) in [6, 6.07) is 8.48. The molecule has 0 aromatic heterocycles. The molecule has 0 unspecified atom stereocenters. The van der Waals surface area contributed by atoms with Crippen LogP contribution in [-0.4, -0.2) is 31.0 Å². The second kappa shape index (κ2) is 8.01. The predicted molar refractivity (Wildman–Crippen MR) is 107 cm³/mol. The second-order valence-corrected chi connectivity index (χ2v) is 7.72. The molecular weight excluding hydrogens is 470 g/mol. The van der Waals surface area contributed by atoms with Crippen molar-refractivity contribution in [3.63, 3.8) is 0 Å². The predicted octanol–water partition coefficient (Wildman–Crippen LogP) is 4.21. The van der Waals surface area contributed by atoms with Crippen LogP contribution in [0.3, 0.4) is 0 Å². The third kappa shape index (κ3) is 4.27. The summed E-state index contributed by atoms with van der Waals surface area (Å²) >= 11 is 3.86. The Balaban J connectivity index is 1.96. The Hall–Kier alpha value is -3.25. The molecule has 2 amide bonds. The highest BCUT2D eigenvalue weighted by molar-refractivity contribution is 9.10. The largest absolute Gasteiger partial charge is 0.502 e. The van der Waals surface area contributed by atoms with Gasteiger partial charge in [0, 0.05) is 16.1 Å². The Labute approximate surface area is 175 Å². The van der Waals surface area contributed by atoms with E-state index in [4.69, 9.17) is 0 Å². The van der Waals surface area contributed by atoms with Gasteiger partial charge in [-0.25, -0.2) is 0 Å². The topological polar surface area (TPSA) is 144 Å². The van der Waals surface area contributed by atoms with Gasteiger partial charge >= 0.3 is 5.69 Å². The number of nitro groups is 2. The van der Waals surface area contributed by atoms with Gasteiger partial charge < -0.3 is 5.11 Å². The fourth-order valence-electron chi connectivity index (χ4n) is 2.53. The average molecular weight is 480 g/mol. The number of nitro benzene ring substituents is 2. The van der Waals surface area contributed by atoms with Gasteiger partial charge in [-0.1, -0.05) is 28.1 Å². The summed E-state index contributed by atoms with van der Waals surface area (Å²) in [5, 5.41) is 31.6. The highest BCUT2D eigenvalue weighted by Crippen LogP contribution is 2.39. The first-order valence-electron chi connectivity index (χ1n) is 7.83. The summed E-state index contributed by atoms with van der Waals surface area (Å²) in [7, 11) is 0. The summed E-state index contributed by atoms with van der Waals surface area (Å²) in [5.41, 5.74) is -1.11. The van der Waals surface area contributed by atoms with Crippen molar-refractivity contribution in [3.8, 4) is 5.75 Å². The molecule has 1 N–H and O–H groups in total. The van der Waals surface area contributed by atoms with Crippen molar-refractivity contribution in [1.29, 1.82) is 0 Å². The van der Waals surface area contributed by atoms with Gasteiger partial charge in [0.1, 0.15) is 0 Å². The summed E-state index contributed by atoms with van der Waals surface area (Å²) in [5.74, 6) is -1.50. The molecule has 0 aliphatic carbocycles. The fourth-order valence-corrected chi connectivity index (χ4v) is 3.62. The monoisotopic (exact) mass is 479 g/mol. The smallest absolute Gasteiger partial charge is 0.318 e. The molecule has 0 saturated carbocycles. The summed E-state index contributed by atoms with van der Waals surface area (Å²) < 4.78 is 0.832. The molecule has 29 heavy (non-hydrogen) atoms. The van der Waals surface area contributed by atoms with E-state index in [1.807, 2.05) is 0 Å². The Bertz CT molecular complexity index is 1090. The Morgan fingerprint density at radius 3 is 2.34 bits per heavy atom. The number of phenols is 1. The lowest BCUT2D eigenvalue weighted by atomic mass is 10.1. The maximum absolute atomic E-state index is 12.6. The molecule has 0 bridgehead atoms. The maximum atomic E-state index is 12.6. The van der Waals surface area contributed by atoms with Crippen LogP contribution in [0.2, 0.25) is 0 Å². The number of phenolic OH excluding ortho intramolecular Hbond substituents is 1. The van der Waals surface area contributed by atoms with E-state index in [1.165, 1.54) is 0 Å². The number of hydrogen-bond donors (Lipinski definition) is 1. The van der Waals surface area contributed by atoms with Crippen molar-refractivity contribution in [1.82, 2.24) is 4.90 Å². The van der Waals surface area contributed by atoms with E-state index in [0.717, 1.165) is 21.5 Å². The molecule has 2 aromatic carbocycles. The number of imide groups is 1. The SMILES string of the molecule is O=C1S/C(=C\c2cc([N+](=O)[O-])cc([N+](=O)[O-])c2O)C(=O)N1Cc1ccc(Br)cc1. The van der Waals surface area contributed by atoms with Gasteiger partial charge in [-0.15, -0.1) is 0 Å². The van der Waals surface area contributed by atoms with E-state index in [-0.39, 0.29) is 17.0 Å². The zero-order valence-corrected chi connectivity index (χ0v) is 16.7. The molecule has 1 aliphatic rings. The van der Waals surface area contributed by atoms with E-state index in [2.05, 4.69) is 15.9 Å². The first-order chi connectivity index (χ1) is 13.7. The van der Waals surface area contributed by atoms with Gasteiger partial charge in [-0.2, -0.15) is 0 Å². The van der Waals surface area contributed by atoms with Gasteiger partial charge in [-0.05, 0) is 35.5 Å². The molecular formula is C17H10BrN3O7S. The molecule has 10 nitrogen and oxygen atoms in total. The molecule has 2 aromatic rings. The van der Waals surface area contributed by atoms with Crippen LogP contribution in [-0.2, 0) is 11.3 Å². The number of rotatable bonds is 5. The number of carbonyl (C=O) groups is 2. The van der Waals surface area contributed by atoms with Crippen LogP contribution in [0.5, 0.6) is 5.75 Å².